The first-order valence-corrected chi connectivity index (χ1v) is 5.73. The molecule has 0 aliphatic carbocycles. The number of hydrogen-bond donors (Lipinski definition) is 1. The van der Waals surface area contributed by atoms with Crippen LogP contribution in [0.15, 0.2) is 35.5 Å². The molecule has 0 bridgehead atoms. The van der Waals surface area contributed by atoms with Gasteiger partial charge >= 0.3 is 0 Å². The maximum Gasteiger partial charge on any atom is 0.103 e. The Morgan fingerprint density at radius 3 is 3.07 bits per heavy atom. The van der Waals surface area contributed by atoms with Gasteiger partial charge in [0.2, 0.25) is 0 Å². The van der Waals surface area contributed by atoms with Gasteiger partial charge in [0.1, 0.15) is 5.76 Å². The van der Waals surface area contributed by atoms with Crippen LogP contribution in [-0.2, 0) is 6.42 Å². The molecule has 1 atom stereocenters. The highest BCUT2D eigenvalue weighted by Gasteiger charge is 2.06. The van der Waals surface area contributed by atoms with Crippen LogP contribution in [0.5, 0.6) is 0 Å². The Labute approximate surface area is 92.4 Å². The molecular formula is C13H21NO. The average molecular weight is 207 g/mol. The lowest BCUT2D eigenvalue weighted by Gasteiger charge is -2.15. The van der Waals surface area contributed by atoms with Gasteiger partial charge in [0.25, 0.3) is 0 Å². The van der Waals surface area contributed by atoms with Gasteiger partial charge < -0.3 is 9.73 Å². The smallest absolute Gasteiger partial charge is 0.103 e. The normalized spacial score (nSPS) is 12.6. The lowest BCUT2D eigenvalue weighted by Crippen LogP contribution is -2.29. The summed E-state index contributed by atoms with van der Waals surface area (Å²) in [5.41, 5.74) is 0. The molecule has 15 heavy (non-hydrogen) atoms. The van der Waals surface area contributed by atoms with E-state index in [-0.39, 0.29) is 0 Å². The summed E-state index contributed by atoms with van der Waals surface area (Å²) >= 11 is 0. The van der Waals surface area contributed by atoms with Crippen molar-refractivity contribution in [3.63, 3.8) is 0 Å². The Balaban J connectivity index is 2.27. The van der Waals surface area contributed by atoms with E-state index in [1.54, 1.807) is 6.26 Å². The minimum Gasteiger partial charge on any atom is -0.469 e. The molecule has 0 aliphatic heterocycles. The number of hydrogen-bond acceptors (Lipinski definition) is 2. The monoisotopic (exact) mass is 207 g/mol. The van der Waals surface area contributed by atoms with Crippen molar-refractivity contribution in [2.24, 2.45) is 0 Å². The Hall–Kier alpha value is -1.02. The maximum absolute atomic E-state index is 5.31. The van der Waals surface area contributed by atoms with E-state index in [0.29, 0.717) is 6.04 Å². The predicted octanol–water partition coefficient (Wildman–Crippen LogP) is 3.16. The van der Waals surface area contributed by atoms with Gasteiger partial charge in [-0.3, -0.25) is 0 Å². The SMILES string of the molecule is C=CCC(CCc1ccco1)NCCC. The summed E-state index contributed by atoms with van der Waals surface area (Å²) < 4.78 is 5.31. The molecular weight excluding hydrogens is 186 g/mol. The fourth-order valence-electron chi connectivity index (χ4n) is 1.62. The summed E-state index contributed by atoms with van der Waals surface area (Å²) in [7, 11) is 0. The number of nitrogens with one attached hydrogen (secondary N) is 1. The average Bonchev–Trinajstić information content (AvgIpc) is 2.75. The molecule has 0 aliphatic rings. The van der Waals surface area contributed by atoms with Crippen molar-refractivity contribution < 1.29 is 4.42 Å². The van der Waals surface area contributed by atoms with Crippen LogP contribution in [0.3, 0.4) is 0 Å². The van der Waals surface area contributed by atoms with E-state index < -0.39 is 0 Å². The molecule has 1 aromatic rings. The first-order valence-electron chi connectivity index (χ1n) is 5.73. The van der Waals surface area contributed by atoms with Crippen molar-refractivity contribution in [2.75, 3.05) is 6.54 Å². The highest BCUT2D eigenvalue weighted by Crippen LogP contribution is 2.08. The maximum atomic E-state index is 5.31. The summed E-state index contributed by atoms with van der Waals surface area (Å²) in [5, 5.41) is 3.52. The zero-order chi connectivity index (χ0) is 10.9. The highest BCUT2D eigenvalue weighted by molar-refractivity contribution is 4.98. The van der Waals surface area contributed by atoms with Gasteiger partial charge in [-0.1, -0.05) is 13.0 Å². The van der Waals surface area contributed by atoms with Crippen LogP contribution < -0.4 is 5.32 Å². The fourth-order valence-corrected chi connectivity index (χ4v) is 1.62. The first kappa shape index (κ1) is 12.1. The molecule has 0 saturated heterocycles. The minimum absolute atomic E-state index is 0.535. The van der Waals surface area contributed by atoms with Crippen LogP contribution in [0.4, 0.5) is 0 Å². The molecule has 1 aromatic heterocycles. The molecule has 1 N–H and O–H groups in total. The van der Waals surface area contributed by atoms with Crippen molar-refractivity contribution in [1.82, 2.24) is 5.32 Å². The molecule has 0 amide bonds. The summed E-state index contributed by atoms with van der Waals surface area (Å²) in [6.07, 6.45) is 8.03. The second-order valence-electron chi connectivity index (χ2n) is 3.79. The number of furan rings is 1. The third-order valence-corrected chi connectivity index (χ3v) is 2.45. The van der Waals surface area contributed by atoms with E-state index >= 15 is 0 Å². The van der Waals surface area contributed by atoms with E-state index in [9.17, 15) is 0 Å². The molecule has 0 saturated carbocycles. The van der Waals surface area contributed by atoms with Crippen molar-refractivity contribution >= 4 is 0 Å². The third-order valence-electron chi connectivity index (χ3n) is 2.45. The van der Waals surface area contributed by atoms with Crippen LogP contribution in [0.2, 0.25) is 0 Å². The van der Waals surface area contributed by atoms with E-state index in [1.165, 1.54) is 6.42 Å². The van der Waals surface area contributed by atoms with E-state index in [2.05, 4.69) is 18.8 Å². The molecule has 84 valence electrons. The molecule has 1 rings (SSSR count). The van der Waals surface area contributed by atoms with Gasteiger partial charge in [0, 0.05) is 12.5 Å². The van der Waals surface area contributed by atoms with Crippen molar-refractivity contribution in [1.29, 1.82) is 0 Å². The van der Waals surface area contributed by atoms with Gasteiger partial charge in [-0.2, -0.15) is 0 Å². The standard InChI is InChI=1S/C13H21NO/c1-3-6-12(14-10-4-2)8-9-13-7-5-11-15-13/h3,5,7,11-12,14H,1,4,6,8-10H2,2H3. The van der Waals surface area contributed by atoms with Crippen LogP contribution in [0.25, 0.3) is 0 Å². The molecule has 0 fully saturated rings. The molecule has 0 aromatic carbocycles. The fraction of sp³-hybridized carbons (Fsp3) is 0.538. The van der Waals surface area contributed by atoms with Gasteiger partial charge in [-0.05, 0) is 37.9 Å². The third kappa shape index (κ3) is 4.84. The van der Waals surface area contributed by atoms with E-state index in [4.69, 9.17) is 4.42 Å². The summed E-state index contributed by atoms with van der Waals surface area (Å²) in [4.78, 5) is 0. The topological polar surface area (TPSA) is 25.2 Å². The van der Waals surface area contributed by atoms with Crippen LogP contribution in [0, 0.1) is 0 Å². The molecule has 2 nitrogen and oxygen atoms in total. The number of rotatable bonds is 8. The molecule has 1 heterocycles. The van der Waals surface area contributed by atoms with Crippen molar-refractivity contribution in [3.8, 4) is 0 Å². The molecule has 0 radical (unpaired) electrons. The predicted molar refractivity (Wildman–Crippen MR) is 63.9 cm³/mol. The van der Waals surface area contributed by atoms with E-state index in [1.807, 2.05) is 18.2 Å². The van der Waals surface area contributed by atoms with Gasteiger partial charge in [0.15, 0.2) is 0 Å². The minimum atomic E-state index is 0.535. The lowest BCUT2D eigenvalue weighted by atomic mass is 10.1. The van der Waals surface area contributed by atoms with Crippen LogP contribution in [0.1, 0.15) is 31.9 Å². The summed E-state index contributed by atoms with van der Waals surface area (Å²) in [6.45, 7) is 7.06. The second-order valence-corrected chi connectivity index (χ2v) is 3.79. The quantitative estimate of drug-likeness (QED) is 0.662. The molecule has 2 heteroatoms. The van der Waals surface area contributed by atoms with Crippen molar-refractivity contribution in [2.45, 2.75) is 38.6 Å². The zero-order valence-electron chi connectivity index (χ0n) is 9.54. The highest BCUT2D eigenvalue weighted by atomic mass is 16.3. The van der Waals surface area contributed by atoms with Crippen LogP contribution in [-0.4, -0.2) is 12.6 Å². The molecule has 0 spiro atoms. The Morgan fingerprint density at radius 1 is 1.60 bits per heavy atom. The van der Waals surface area contributed by atoms with Gasteiger partial charge in [-0.25, -0.2) is 0 Å². The Kier molecular flexibility index (Phi) is 5.86. The Bertz CT molecular complexity index is 254. The summed E-state index contributed by atoms with van der Waals surface area (Å²) in [6, 6.07) is 4.51. The number of aryl methyl sites for hydroxylation is 1. The lowest BCUT2D eigenvalue weighted by molar-refractivity contribution is 0.445. The second kappa shape index (κ2) is 7.30. The first-order chi connectivity index (χ1) is 7.36. The van der Waals surface area contributed by atoms with Gasteiger partial charge in [0.05, 0.1) is 6.26 Å². The van der Waals surface area contributed by atoms with Crippen LogP contribution >= 0.6 is 0 Å². The Morgan fingerprint density at radius 2 is 2.47 bits per heavy atom. The van der Waals surface area contributed by atoms with Crippen molar-refractivity contribution in [3.05, 3.63) is 36.8 Å². The van der Waals surface area contributed by atoms with Gasteiger partial charge in [-0.15, -0.1) is 6.58 Å². The zero-order valence-corrected chi connectivity index (χ0v) is 9.54. The van der Waals surface area contributed by atoms with E-state index in [0.717, 1.165) is 31.6 Å². The summed E-state index contributed by atoms with van der Waals surface area (Å²) in [5.74, 6) is 1.07. The molecule has 1 unspecified atom stereocenters. The largest absolute Gasteiger partial charge is 0.469 e.